The Balaban J connectivity index is 1.70. The highest BCUT2D eigenvalue weighted by Gasteiger charge is 2.21. The average molecular weight is 411 g/mol. The number of likely N-dealkylation sites (N-methyl/N-ethyl adjacent to an activating group) is 1. The molecule has 0 aliphatic carbocycles. The molecule has 0 fully saturated rings. The largest absolute Gasteiger partial charge is 0.354 e. The number of sulfone groups is 1. The van der Waals surface area contributed by atoms with E-state index in [1.165, 1.54) is 16.6 Å². The van der Waals surface area contributed by atoms with E-state index in [9.17, 15) is 17.6 Å². The number of fused-ring (bicyclic) bond motifs is 1. The molecule has 1 N–H and O–H groups in total. The summed E-state index contributed by atoms with van der Waals surface area (Å²) >= 11 is 0.950. The Morgan fingerprint density at radius 3 is 2.63 bits per heavy atom. The van der Waals surface area contributed by atoms with Gasteiger partial charge in [-0.2, -0.15) is 0 Å². The van der Waals surface area contributed by atoms with Gasteiger partial charge in [0.2, 0.25) is 25.0 Å². The van der Waals surface area contributed by atoms with Crippen LogP contribution in [-0.2, 0) is 14.6 Å². The predicted octanol–water partition coefficient (Wildman–Crippen LogP) is 1.05. The molecule has 8 nitrogen and oxygen atoms in total. The van der Waals surface area contributed by atoms with Crippen LogP contribution in [0, 0.1) is 5.82 Å². The molecule has 2 aromatic heterocycles. The fourth-order valence-electron chi connectivity index (χ4n) is 2.32. The Kier molecular flexibility index (Phi) is 5.53. The van der Waals surface area contributed by atoms with Gasteiger partial charge in [-0.15, -0.1) is 5.10 Å². The van der Waals surface area contributed by atoms with Gasteiger partial charge < -0.3 is 10.2 Å². The zero-order chi connectivity index (χ0) is 19.6. The van der Waals surface area contributed by atoms with Crippen LogP contribution in [0.5, 0.6) is 0 Å². The molecule has 2 heterocycles. The smallest absolute Gasteiger partial charge is 0.234 e. The normalized spacial score (nSPS) is 12.0. The van der Waals surface area contributed by atoms with Crippen LogP contribution in [-0.4, -0.2) is 66.8 Å². The molecule has 0 aliphatic rings. The maximum absolute atomic E-state index is 13.0. The highest BCUT2D eigenvalue weighted by atomic mass is 32.2. The van der Waals surface area contributed by atoms with E-state index < -0.39 is 9.84 Å². The quantitative estimate of drug-likeness (QED) is 0.624. The molecular weight excluding hydrogens is 393 g/mol. The van der Waals surface area contributed by atoms with Crippen LogP contribution in [0.1, 0.15) is 0 Å². The van der Waals surface area contributed by atoms with Gasteiger partial charge in [0.05, 0.1) is 24.2 Å². The average Bonchev–Trinajstić information content (AvgIpc) is 3.14. The number of carbonyl (C=O) groups excluding carboxylic acids is 1. The topological polar surface area (TPSA) is 96.7 Å². The summed E-state index contributed by atoms with van der Waals surface area (Å²) in [5.41, 5.74) is 1.29. The predicted molar refractivity (Wildman–Crippen MR) is 99.9 cm³/mol. The van der Waals surface area contributed by atoms with E-state index in [0.29, 0.717) is 16.2 Å². The van der Waals surface area contributed by atoms with Crippen LogP contribution in [0.25, 0.3) is 16.2 Å². The van der Waals surface area contributed by atoms with Crippen molar-refractivity contribution in [3.63, 3.8) is 0 Å². The summed E-state index contributed by atoms with van der Waals surface area (Å²) in [6.07, 6.45) is 1.59. The summed E-state index contributed by atoms with van der Waals surface area (Å²) in [6, 6.07) is 5.85. The minimum Gasteiger partial charge on any atom is -0.354 e. The van der Waals surface area contributed by atoms with Crippen molar-refractivity contribution in [3.05, 3.63) is 36.3 Å². The number of hydrogen-bond donors (Lipinski definition) is 1. The van der Waals surface area contributed by atoms with Gasteiger partial charge in [-0.05, 0) is 38.4 Å². The third-order valence-corrected chi connectivity index (χ3v) is 6.67. The fourth-order valence-corrected chi connectivity index (χ4v) is 4.68. The summed E-state index contributed by atoms with van der Waals surface area (Å²) in [7, 11) is -0.127. The molecule has 0 saturated heterocycles. The number of hydrogen-bond acceptors (Lipinski definition) is 7. The Morgan fingerprint density at radius 1 is 1.30 bits per heavy atom. The van der Waals surface area contributed by atoms with Gasteiger partial charge in [0, 0.05) is 12.1 Å². The minimum absolute atomic E-state index is 0.0116. The van der Waals surface area contributed by atoms with Crippen molar-refractivity contribution in [1.29, 1.82) is 0 Å². The first-order valence-corrected chi connectivity index (χ1v) is 10.5. The van der Waals surface area contributed by atoms with Crippen LogP contribution >= 0.6 is 11.3 Å². The molecule has 0 saturated carbocycles. The lowest BCUT2D eigenvalue weighted by molar-refractivity contribution is -0.121. The van der Waals surface area contributed by atoms with Crippen LogP contribution in [0.15, 0.2) is 34.8 Å². The number of aromatic nitrogens is 3. The lowest BCUT2D eigenvalue weighted by atomic mass is 10.2. The Hall–Kier alpha value is -2.37. The van der Waals surface area contributed by atoms with Crippen molar-refractivity contribution in [2.75, 3.05) is 32.9 Å². The highest BCUT2D eigenvalue weighted by molar-refractivity contribution is 7.93. The Morgan fingerprint density at radius 2 is 2.00 bits per heavy atom. The Labute approximate surface area is 159 Å². The van der Waals surface area contributed by atoms with Crippen molar-refractivity contribution in [2.45, 2.75) is 4.34 Å². The van der Waals surface area contributed by atoms with Crippen molar-refractivity contribution in [1.82, 2.24) is 24.8 Å². The SMILES string of the molecule is CN(C)CC(=O)NCCS(=O)(=O)c1nn2cc(-c3ccc(F)cc3)nc2s1. The second kappa shape index (κ2) is 7.71. The first-order chi connectivity index (χ1) is 12.7. The van der Waals surface area contributed by atoms with Crippen LogP contribution < -0.4 is 5.32 Å². The van der Waals surface area contributed by atoms with Gasteiger partial charge in [0.25, 0.3) is 0 Å². The number of rotatable bonds is 7. The molecule has 11 heteroatoms. The minimum atomic E-state index is -3.63. The van der Waals surface area contributed by atoms with Crippen LogP contribution in [0.2, 0.25) is 0 Å². The van der Waals surface area contributed by atoms with E-state index in [2.05, 4.69) is 15.4 Å². The fraction of sp³-hybridized carbons (Fsp3) is 0.312. The lowest BCUT2D eigenvalue weighted by Gasteiger charge is -2.09. The van der Waals surface area contributed by atoms with E-state index in [-0.39, 0.29) is 34.9 Å². The molecule has 0 atom stereocenters. The van der Waals surface area contributed by atoms with Crippen molar-refractivity contribution < 1.29 is 17.6 Å². The number of halogens is 1. The number of amides is 1. The molecular formula is C16H18FN5O3S2. The molecule has 0 spiro atoms. The monoisotopic (exact) mass is 411 g/mol. The van der Waals surface area contributed by atoms with E-state index in [1.54, 1.807) is 37.3 Å². The lowest BCUT2D eigenvalue weighted by Crippen LogP contribution is -2.35. The second-order valence-electron chi connectivity index (χ2n) is 6.13. The number of benzene rings is 1. The van der Waals surface area contributed by atoms with Gasteiger partial charge in [-0.25, -0.2) is 22.3 Å². The van der Waals surface area contributed by atoms with E-state index >= 15 is 0 Å². The zero-order valence-electron chi connectivity index (χ0n) is 14.7. The van der Waals surface area contributed by atoms with Crippen LogP contribution in [0.3, 0.4) is 0 Å². The van der Waals surface area contributed by atoms with E-state index in [0.717, 1.165) is 11.3 Å². The van der Waals surface area contributed by atoms with Crippen LogP contribution in [0.4, 0.5) is 4.39 Å². The molecule has 144 valence electrons. The summed E-state index contributed by atoms with van der Waals surface area (Å²) < 4.78 is 39.1. The van der Waals surface area contributed by atoms with E-state index in [1.807, 2.05) is 0 Å². The maximum Gasteiger partial charge on any atom is 0.234 e. The molecule has 1 aromatic carbocycles. The summed E-state index contributed by atoms with van der Waals surface area (Å²) in [5, 5.41) is 6.65. The van der Waals surface area contributed by atoms with E-state index in [4.69, 9.17) is 0 Å². The number of nitrogens with zero attached hydrogens (tertiary/aromatic N) is 4. The molecule has 0 aliphatic heterocycles. The summed E-state index contributed by atoms with van der Waals surface area (Å²) in [6.45, 7) is 0.203. The Bertz CT molecular complexity index is 1030. The molecule has 3 rings (SSSR count). The van der Waals surface area contributed by atoms with Crippen molar-refractivity contribution in [3.8, 4) is 11.3 Å². The molecule has 1 amide bonds. The third-order valence-electron chi connectivity index (χ3n) is 3.58. The standard InChI is InChI=1S/C16H18FN5O3S2/c1-21(2)10-14(23)18-7-8-27(24,25)16-20-22-9-13(19-15(22)26-16)11-3-5-12(17)6-4-11/h3-6,9H,7-8,10H2,1-2H3,(H,18,23). The van der Waals surface area contributed by atoms with Gasteiger partial charge in [-0.1, -0.05) is 11.3 Å². The number of nitrogens with one attached hydrogen (secondary N) is 1. The number of imidazole rings is 1. The first-order valence-electron chi connectivity index (χ1n) is 8.01. The zero-order valence-corrected chi connectivity index (χ0v) is 16.3. The second-order valence-corrected chi connectivity index (χ2v) is 9.37. The van der Waals surface area contributed by atoms with Gasteiger partial charge >= 0.3 is 0 Å². The molecule has 3 aromatic rings. The van der Waals surface area contributed by atoms with Crippen molar-refractivity contribution in [2.24, 2.45) is 0 Å². The molecule has 0 unspecified atom stereocenters. The highest BCUT2D eigenvalue weighted by Crippen LogP contribution is 2.24. The molecule has 0 bridgehead atoms. The first kappa shape index (κ1) is 19.4. The van der Waals surface area contributed by atoms with Gasteiger partial charge in [0.1, 0.15) is 5.82 Å². The van der Waals surface area contributed by atoms with Gasteiger partial charge in [0.15, 0.2) is 0 Å². The third kappa shape index (κ3) is 4.67. The maximum atomic E-state index is 13.0. The molecule has 0 radical (unpaired) electrons. The van der Waals surface area contributed by atoms with Crippen molar-refractivity contribution >= 4 is 32.0 Å². The number of carbonyl (C=O) groups is 1. The molecule has 27 heavy (non-hydrogen) atoms. The summed E-state index contributed by atoms with van der Waals surface area (Å²) in [5.74, 6) is -0.828. The summed E-state index contributed by atoms with van der Waals surface area (Å²) in [4.78, 5) is 18.0. The van der Waals surface area contributed by atoms with Gasteiger partial charge in [-0.3, -0.25) is 4.79 Å².